The van der Waals surface area contributed by atoms with E-state index in [2.05, 4.69) is 15.3 Å². The molecule has 0 spiro atoms. The van der Waals surface area contributed by atoms with Gasteiger partial charge in [0.05, 0.1) is 18.6 Å². The van der Waals surface area contributed by atoms with Crippen molar-refractivity contribution in [1.29, 1.82) is 0 Å². The summed E-state index contributed by atoms with van der Waals surface area (Å²) in [5.41, 5.74) is 6.06. The summed E-state index contributed by atoms with van der Waals surface area (Å²) < 4.78 is 48.9. The van der Waals surface area contributed by atoms with Crippen molar-refractivity contribution < 1.29 is 27.8 Å². The van der Waals surface area contributed by atoms with Crippen LogP contribution in [0.4, 0.5) is 24.7 Å². The zero-order valence-electron chi connectivity index (χ0n) is 15.3. The smallest absolute Gasteiger partial charge is 0.389 e. The molecule has 4 N–H and O–H groups in total. The number of rotatable bonds is 6. The van der Waals surface area contributed by atoms with Gasteiger partial charge in [0.2, 0.25) is 0 Å². The van der Waals surface area contributed by atoms with Crippen LogP contribution in [-0.2, 0) is 9.47 Å². The number of nitrogens with one attached hydrogen (secondary N) is 1. The molecule has 1 aromatic heterocycles. The molecule has 4 unspecified atom stereocenters. The van der Waals surface area contributed by atoms with Crippen LogP contribution in [0.2, 0.25) is 5.15 Å². The zero-order chi connectivity index (χ0) is 20.7. The van der Waals surface area contributed by atoms with Gasteiger partial charge < -0.3 is 25.6 Å². The fraction of sp³-hybridized carbons (Fsp3) is 0.750. The molecule has 12 heteroatoms. The molecule has 2 aliphatic rings. The van der Waals surface area contributed by atoms with E-state index in [-0.39, 0.29) is 58.3 Å². The van der Waals surface area contributed by atoms with Gasteiger partial charge in [-0.25, -0.2) is 9.97 Å². The molecule has 0 amide bonds. The minimum Gasteiger partial charge on any atom is -0.396 e. The second-order valence-corrected chi connectivity index (χ2v) is 8.69. The van der Waals surface area contributed by atoms with E-state index >= 15 is 0 Å². The number of aliphatic hydroxyl groups excluding tert-OH is 1. The molecule has 1 saturated heterocycles. The molecule has 4 atom stereocenters. The first-order valence-electron chi connectivity index (χ1n) is 8.74. The fourth-order valence-electron chi connectivity index (χ4n) is 3.44. The van der Waals surface area contributed by atoms with Crippen LogP contribution in [0.5, 0.6) is 0 Å². The van der Waals surface area contributed by atoms with Crippen molar-refractivity contribution in [2.24, 2.45) is 5.92 Å². The lowest BCUT2D eigenvalue weighted by atomic mass is 10.1. The normalized spacial score (nSPS) is 29.1. The van der Waals surface area contributed by atoms with Gasteiger partial charge in [-0.1, -0.05) is 23.4 Å². The molecule has 1 saturated carbocycles. The Labute approximate surface area is 169 Å². The van der Waals surface area contributed by atoms with Crippen molar-refractivity contribution in [3.63, 3.8) is 0 Å². The number of anilines is 2. The van der Waals surface area contributed by atoms with Crippen LogP contribution < -0.4 is 11.1 Å². The maximum atomic E-state index is 12.4. The number of aliphatic hydroxyl groups is 1. The van der Waals surface area contributed by atoms with Crippen LogP contribution in [0.3, 0.4) is 0 Å². The van der Waals surface area contributed by atoms with Crippen molar-refractivity contribution in [3.8, 4) is 0 Å². The number of hydrogen-bond donors (Lipinski definition) is 3. The summed E-state index contributed by atoms with van der Waals surface area (Å²) in [5.74, 6) is -0.903. The first-order valence-corrected chi connectivity index (χ1v) is 10.1. The Morgan fingerprint density at radius 2 is 2.00 bits per heavy atom. The van der Waals surface area contributed by atoms with Gasteiger partial charge in [-0.3, -0.25) is 0 Å². The lowest BCUT2D eigenvalue weighted by molar-refractivity contribution is -0.158. The predicted molar refractivity (Wildman–Crippen MR) is 99.3 cm³/mol. The maximum Gasteiger partial charge on any atom is 0.389 e. The predicted octanol–water partition coefficient (Wildman–Crippen LogP) is 3.07. The average molecular weight is 443 g/mol. The van der Waals surface area contributed by atoms with Gasteiger partial charge in [0.15, 0.2) is 21.9 Å². The van der Waals surface area contributed by atoms with Crippen LogP contribution in [0.25, 0.3) is 0 Å². The third-order valence-corrected chi connectivity index (χ3v) is 5.77. The summed E-state index contributed by atoms with van der Waals surface area (Å²) >= 11 is 6.89. The lowest BCUT2D eigenvalue weighted by Gasteiger charge is -2.24. The number of nitrogen functional groups attached to an aromatic ring is 1. The Balaban J connectivity index is 1.74. The summed E-state index contributed by atoms with van der Waals surface area (Å²) in [6.45, 7) is 3.53. The summed E-state index contributed by atoms with van der Waals surface area (Å²) in [5, 5.41) is 12.9. The molecule has 1 aliphatic carbocycles. The molecule has 0 aromatic carbocycles. The van der Waals surface area contributed by atoms with E-state index in [9.17, 15) is 18.3 Å². The van der Waals surface area contributed by atoms with Crippen molar-refractivity contribution >= 4 is 34.9 Å². The number of thioether (sulfide) groups is 1. The second kappa shape index (κ2) is 8.02. The van der Waals surface area contributed by atoms with Gasteiger partial charge in [0, 0.05) is 18.3 Å². The van der Waals surface area contributed by atoms with E-state index in [0.29, 0.717) is 6.42 Å². The molecule has 28 heavy (non-hydrogen) atoms. The number of fused-ring (bicyclic) bond motifs is 1. The SMILES string of the molecule is CC1(C)OC2C(CO)CC(Nc3nc(SCCC(F)(F)F)nc(Cl)c3N)C2O1. The van der Waals surface area contributed by atoms with Gasteiger partial charge >= 0.3 is 6.18 Å². The number of nitrogens with zero attached hydrogens (tertiary/aromatic N) is 2. The van der Waals surface area contributed by atoms with Gasteiger partial charge in [-0.05, 0) is 20.3 Å². The Bertz CT molecular complexity index is 725. The second-order valence-electron chi connectivity index (χ2n) is 7.27. The van der Waals surface area contributed by atoms with Gasteiger partial charge in [0.1, 0.15) is 11.8 Å². The Kier molecular flexibility index (Phi) is 6.21. The maximum absolute atomic E-state index is 12.4. The molecule has 0 bridgehead atoms. The number of nitrogens with two attached hydrogens (primary N) is 1. The molecule has 2 heterocycles. The molecular formula is C16H22ClF3N4O3S. The van der Waals surface area contributed by atoms with Crippen LogP contribution in [0.15, 0.2) is 5.16 Å². The van der Waals surface area contributed by atoms with Crippen molar-refractivity contribution in [3.05, 3.63) is 5.15 Å². The minimum atomic E-state index is -4.25. The number of halogens is 4. The highest BCUT2D eigenvalue weighted by Gasteiger charge is 2.53. The summed E-state index contributed by atoms with van der Waals surface area (Å²) in [6, 6.07) is -0.259. The molecule has 1 aliphatic heterocycles. The van der Waals surface area contributed by atoms with Crippen molar-refractivity contribution in [2.75, 3.05) is 23.4 Å². The minimum absolute atomic E-state index is 0.0378. The molecule has 2 fully saturated rings. The number of alkyl halides is 3. The first kappa shape index (κ1) is 21.7. The van der Waals surface area contributed by atoms with Crippen LogP contribution in [0, 0.1) is 5.92 Å². The average Bonchev–Trinajstić information content (AvgIpc) is 3.04. The van der Waals surface area contributed by atoms with E-state index in [0.717, 1.165) is 11.8 Å². The van der Waals surface area contributed by atoms with E-state index < -0.39 is 18.4 Å². The Morgan fingerprint density at radius 1 is 1.32 bits per heavy atom. The third-order valence-electron chi connectivity index (χ3n) is 4.63. The Morgan fingerprint density at radius 3 is 2.64 bits per heavy atom. The summed E-state index contributed by atoms with van der Waals surface area (Å²) in [4.78, 5) is 8.16. The topological polar surface area (TPSA) is 103 Å². The lowest BCUT2D eigenvalue weighted by Crippen LogP contribution is -2.35. The van der Waals surface area contributed by atoms with Gasteiger partial charge in [-0.2, -0.15) is 13.2 Å². The standard InChI is InChI=1S/C16H22ClF3N4O3S/c1-15(2)26-10-7(6-25)5-8(11(10)27-15)22-13-9(21)12(17)23-14(24-13)28-4-3-16(18,19)20/h7-8,10-11,25H,3-6,21H2,1-2H3,(H,22,23,24). The van der Waals surface area contributed by atoms with E-state index in [4.69, 9.17) is 26.8 Å². The fourth-order valence-corrected chi connectivity index (χ4v) is 4.49. The summed E-state index contributed by atoms with van der Waals surface area (Å²) in [6.07, 6.45) is -5.27. The monoisotopic (exact) mass is 442 g/mol. The summed E-state index contributed by atoms with van der Waals surface area (Å²) in [7, 11) is 0. The quantitative estimate of drug-likeness (QED) is 0.351. The number of ether oxygens (including phenoxy) is 2. The van der Waals surface area contributed by atoms with Crippen LogP contribution >= 0.6 is 23.4 Å². The first-order chi connectivity index (χ1) is 13.0. The molecule has 1 aromatic rings. The zero-order valence-corrected chi connectivity index (χ0v) is 16.9. The van der Waals surface area contributed by atoms with Crippen molar-refractivity contribution in [1.82, 2.24) is 9.97 Å². The highest BCUT2D eigenvalue weighted by Crippen LogP contribution is 2.43. The van der Waals surface area contributed by atoms with E-state index in [1.54, 1.807) is 13.8 Å². The van der Waals surface area contributed by atoms with Crippen molar-refractivity contribution in [2.45, 2.75) is 62.1 Å². The largest absolute Gasteiger partial charge is 0.396 e. The number of aromatic nitrogens is 2. The van der Waals surface area contributed by atoms with E-state index in [1.165, 1.54) is 0 Å². The number of hydrogen-bond acceptors (Lipinski definition) is 8. The molecule has 3 rings (SSSR count). The van der Waals surface area contributed by atoms with Crippen LogP contribution in [0.1, 0.15) is 26.7 Å². The van der Waals surface area contributed by atoms with Gasteiger partial charge in [0.25, 0.3) is 0 Å². The van der Waals surface area contributed by atoms with Gasteiger partial charge in [-0.15, -0.1) is 0 Å². The molecule has 0 radical (unpaired) electrons. The highest BCUT2D eigenvalue weighted by molar-refractivity contribution is 7.99. The Hall–Kier alpha value is -1.01. The molecular weight excluding hydrogens is 421 g/mol. The molecule has 7 nitrogen and oxygen atoms in total. The highest BCUT2D eigenvalue weighted by atomic mass is 35.5. The molecule has 158 valence electrons. The van der Waals surface area contributed by atoms with Crippen LogP contribution in [-0.4, -0.2) is 57.6 Å². The third kappa shape index (κ3) is 4.93. The van der Waals surface area contributed by atoms with E-state index in [1.807, 2.05) is 0 Å².